The fourth-order valence-corrected chi connectivity index (χ4v) is 2.19. The van der Waals surface area contributed by atoms with Gasteiger partial charge in [-0.25, -0.2) is 0 Å². The number of hydrogen-bond acceptors (Lipinski definition) is 2. The SMILES string of the molecule is c1ccc2c(c1)O[C](c1cccn3cccc13)O2. The summed E-state index contributed by atoms with van der Waals surface area (Å²) in [6.07, 6.45) is 4.55. The third kappa shape index (κ3) is 1.31. The Bertz CT molecular complexity index is 692. The molecule has 0 fully saturated rings. The molecule has 0 bridgehead atoms. The van der Waals surface area contributed by atoms with E-state index in [0.717, 1.165) is 22.6 Å². The molecule has 0 amide bonds. The van der Waals surface area contributed by atoms with Crippen LogP contribution in [0.2, 0.25) is 0 Å². The molecule has 0 saturated heterocycles. The molecule has 3 heterocycles. The monoisotopic (exact) mass is 236 g/mol. The van der Waals surface area contributed by atoms with Crippen molar-refractivity contribution in [2.24, 2.45) is 0 Å². The molecule has 1 aliphatic rings. The molecule has 2 aromatic heterocycles. The van der Waals surface area contributed by atoms with Gasteiger partial charge < -0.3 is 13.9 Å². The van der Waals surface area contributed by atoms with Crippen LogP contribution in [0.1, 0.15) is 5.56 Å². The van der Waals surface area contributed by atoms with Gasteiger partial charge in [0.05, 0.1) is 11.1 Å². The van der Waals surface area contributed by atoms with Gasteiger partial charge in [0.15, 0.2) is 11.5 Å². The van der Waals surface area contributed by atoms with E-state index in [-0.39, 0.29) is 0 Å². The van der Waals surface area contributed by atoms with E-state index in [2.05, 4.69) is 0 Å². The van der Waals surface area contributed by atoms with Crippen molar-refractivity contribution in [1.82, 2.24) is 4.40 Å². The van der Waals surface area contributed by atoms with Crippen LogP contribution in [-0.2, 0) is 0 Å². The summed E-state index contributed by atoms with van der Waals surface area (Å²) < 4.78 is 13.5. The van der Waals surface area contributed by atoms with Crippen molar-refractivity contribution in [3.05, 3.63) is 72.8 Å². The Hall–Kier alpha value is -2.42. The van der Waals surface area contributed by atoms with Crippen molar-refractivity contribution in [3.8, 4) is 11.5 Å². The van der Waals surface area contributed by atoms with E-state index in [1.54, 1.807) is 0 Å². The molecule has 18 heavy (non-hydrogen) atoms. The first-order valence-corrected chi connectivity index (χ1v) is 5.79. The molecule has 1 radical (unpaired) electrons. The van der Waals surface area contributed by atoms with Crippen LogP contribution in [0.3, 0.4) is 0 Å². The summed E-state index contributed by atoms with van der Waals surface area (Å²) in [4.78, 5) is 0. The largest absolute Gasteiger partial charge is 0.438 e. The van der Waals surface area contributed by atoms with Gasteiger partial charge in [-0.3, -0.25) is 0 Å². The van der Waals surface area contributed by atoms with Crippen LogP contribution in [-0.4, -0.2) is 4.40 Å². The number of benzene rings is 1. The van der Waals surface area contributed by atoms with Crippen LogP contribution in [0.5, 0.6) is 11.5 Å². The number of ether oxygens (including phenoxy) is 2. The Morgan fingerprint density at radius 3 is 2.11 bits per heavy atom. The average Bonchev–Trinajstić information content (AvgIpc) is 3.04. The van der Waals surface area contributed by atoms with E-state index >= 15 is 0 Å². The summed E-state index contributed by atoms with van der Waals surface area (Å²) >= 11 is 0. The molecule has 0 aliphatic carbocycles. The highest BCUT2D eigenvalue weighted by atomic mass is 16.7. The molecular formula is C15H10NO2. The van der Waals surface area contributed by atoms with Crippen LogP contribution >= 0.6 is 0 Å². The maximum absolute atomic E-state index is 5.75. The number of hydrogen-bond donors (Lipinski definition) is 0. The number of para-hydroxylation sites is 2. The number of aromatic nitrogens is 1. The second-order valence-electron chi connectivity index (χ2n) is 4.16. The zero-order chi connectivity index (χ0) is 11.9. The Morgan fingerprint density at radius 1 is 0.722 bits per heavy atom. The molecule has 3 nitrogen and oxygen atoms in total. The Morgan fingerprint density at radius 2 is 1.39 bits per heavy atom. The predicted octanol–water partition coefficient (Wildman–Crippen LogP) is 3.25. The minimum absolute atomic E-state index is 0.542. The number of pyridine rings is 1. The highest BCUT2D eigenvalue weighted by Crippen LogP contribution is 2.40. The third-order valence-corrected chi connectivity index (χ3v) is 3.04. The molecule has 0 unspecified atom stereocenters. The smallest absolute Gasteiger partial charge is 0.365 e. The van der Waals surface area contributed by atoms with Crippen LogP contribution in [0.15, 0.2) is 60.9 Å². The van der Waals surface area contributed by atoms with E-state index in [1.165, 1.54) is 0 Å². The summed E-state index contributed by atoms with van der Waals surface area (Å²) in [5, 5.41) is 0. The van der Waals surface area contributed by atoms with E-state index in [9.17, 15) is 0 Å². The lowest BCUT2D eigenvalue weighted by Gasteiger charge is -2.09. The van der Waals surface area contributed by atoms with Crippen molar-refractivity contribution >= 4 is 5.52 Å². The summed E-state index contributed by atoms with van der Waals surface area (Å²) in [6.45, 7) is 0. The first-order valence-electron chi connectivity index (χ1n) is 5.79. The van der Waals surface area contributed by atoms with E-state index in [1.807, 2.05) is 65.3 Å². The first-order chi connectivity index (χ1) is 8.92. The van der Waals surface area contributed by atoms with Gasteiger partial charge in [0.2, 0.25) is 0 Å². The van der Waals surface area contributed by atoms with Crippen LogP contribution in [0.25, 0.3) is 5.52 Å². The van der Waals surface area contributed by atoms with Crippen molar-refractivity contribution < 1.29 is 9.47 Å². The van der Waals surface area contributed by atoms with Gasteiger partial charge >= 0.3 is 6.29 Å². The van der Waals surface area contributed by atoms with E-state index in [4.69, 9.17) is 9.47 Å². The zero-order valence-corrected chi connectivity index (χ0v) is 9.54. The van der Waals surface area contributed by atoms with Gasteiger partial charge in [-0.05, 0) is 36.4 Å². The molecular weight excluding hydrogens is 226 g/mol. The van der Waals surface area contributed by atoms with Crippen LogP contribution in [0.4, 0.5) is 0 Å². The fraction of sp³-hybridized carbons (Fsp3) is 0. The molecule has 1 aliphatic heterocycles. The van der Waals surface area contributed by atoms with Crippen LogP contribution in [0, 0.1) is 6.29 Å². The number of fused-ring (bicyclic) bond motifs is 2. The second-order valence-corrected chi connectivity index (χ2v) is 4.16. The molecule has 0 atom stereocenters. The van der Waals surface area contributed by atoms with Crippen LogP contribution < -0.4 is 9.47 Å². The minimum atomic E-state index is 0.542. The lowest BCUT2D eigenvalue weighted by atomic mass is 10.2. The molecule has 1 aromatic carbocycles. The minimum Gasteiger partial charge on any atom is -0.438 e. The van der Waals surface area contributed by atoms with Gasteiger partial charge in [-0.15, -0.1) is 0 Å². The molecule has 4 rings (SSSR count). The van der Waals surface area contributed by atoms with E-state index in [0.29, 0.717) is 6.29 Å². The van der Waals surface area contributed by atoms with Crippen molar-refractivity contribution in [1.29, 1.82) is 0 Å². The summed E-state index contributed by atoms with van der Waals surface area (Å²) in [5.74, 6) is 1.53. The Balaban J connectivity index is 1.80. The highest BCUT2D eigenvalue weighted by Gasteiger charge is 2.29. The van der Waals surface area contributed by atoms with E-state index < -0.39 is 0 Å². The zero-order valence-electron chi connectivity index (χ0n) is 9.54. The quantitative estimate of drug-likeness (QED) is 0.647. The average molecular weight is 236 g/mol. The standard InChI is InChI=1S/C15H10NO2/c1-2-8-14-13(7-1)17-15(18-14)11-5-3-9-16-10-4-6-12(11)16/h1-10H. The van der Waals surface area contributed by atoms with Gasteiger partial charge in [-0.1, -0.05) is 12.1 Å². The predicted molar refractivity (Wildman–Crippen MR) is 67.4 cm³/mol. The second kappa shape index (κ2) is 3.53. The van der Waals surface area contributed by atoms with Crippen molar-refractivity contribution in [3.63, 3.8) is 0 Å². The summed E-state index contributed by atoms with van der Waals surface area (Å²) in [7, 11) is 0. The third-order valence-electron chi connectivity index (χ3n) is 3.04. The van der Waals surface area contributed by atoms with Crippen molar-refractivity contribution in [2.45, 2.75) is 0 Å². The lowest BCUT2D eigenvalue weighted by molar-refractivity contribution is 0.204. The number of nitrogens with zero attached hydrogens (tertiary/aromatic N) is 1. The topological polar surface area (TPSA) is 22.9 Å². The molecule has 0 N–H and O–H groups in total. The lowest BCUT2D eigenvalue weighted by Crippen LogP contribution is -2.10. The highest BCUT2D eigenvalue weighted by molar-refractivity contribution is 5.61. The molecule has 0 spiro atoms. The van der Waals surface area contributed by atoms with Gasteiger partial charge in [0.25, 0.3) is 0 Å². The molecule has 87 valence electrons. The Labute approximate surface area is 104 Å². The molecule has 3 aromatic rings. The van der Waals surface area contributed by atoms with Crippen molar-refractivity contribution in [2.75, 3.05) is 0 Å². The van der Waals surface area contributed by atoms with Gasteiger partial charge in [-0.2, -0.15) is 0 Å². The van der Waals surface area contributed by atoms with Gasteiger partial charge in [0.1, 0.15) is 0 Å². The normalized spacial score (nSPS) is 14.2. The molecule has 3 heteroatoms. The number of rotatable bonds is 1. The Kier molecular flexibility index (Phi) is 1.88. The van der Waals surface area contributed by atoms with Gasteiger partial charge in [0, 0.05) is 12.4 Å². The summed E-state index contributed by atoms with van der Waals surface area (Å²) in [5.41, 5.74) is 2.03. The molecule has 0 saturated carbocycles. The first kappa shape index (κ1) is 9.59. The maximum Gasteiger partial charge on any atom is 0.365 e. The fourth-order valence-electron chi connectivity index (χ4n) is 2.19. The summed E-state index contributed by atoms with van der Waals surface area (Å²) in [6, 6.07) is 15.7. The maximum atomic E-state index is 5.75.